The second-order valence-corrected chi connectivity index (χ2v) is 7.33. The Labute approximate surface area is 170 Å². The van der Waals surface area contributed by atoms with Gasteiger partial charge in [-0.3, -0.25) is 14.2 Å². The van der Waals surface area contributed by atoms with Gasteiger partial charge in [0.25, 0.3) is 5.56 Å². The van der Waals surface area contributed by atoms with Gasteiger partial charge < -0.3 is 19.5 Å². The molecule has 3 aromatic heterocycles. The summed E-state index contributed by atoms with van der Waals surface area (Å²) in [6.07, 6.45) is 1.56. The predicted octanol–water partition coefficient (Wildman–Crippen LogP) is 2.53. The van der Waals surface area contributed by atoms with Gasteiger partial charge in [0.1, 0.15) is 16.8 Å². The van der Waals surface area contributed by atoms with Crippen molar-refractivity contribution in [2.45, 2.75) is 18.2 Å². The summed E-state index contributed by atoms with van der Waals surface area (Å²) in [6, 6.07) is 11.2. The molecule has 0 atom stereocenters. The summed E-state index contributed by atoms with van der Waals surface area (Å²) < 4.78 is 11.9. The summed E-state index contributed by atoms with van der Waals surface area (Å²) in [5, 5.41) is 4.16. The van der Waals surface area contributed by atoms with Crippen LogP contribution in [0.25, 0.3) is 21.9 Å². The molecular weight excluding hydrogens is 392 g/mol. The second kappa shape index (κ2) is 8.54. The van der Waals surface area contributed by atoms with E-state index in [4.69, 9.17) is 14.1 Å². The van der Waals surface area contributed by atoms with Crippen LogP contribution in [-0.2, 0) is 22.6 Å². The number of fused-ring (bicyclic) bond motifs is 3. The number of benzene rings is 1. The van der Waals surface area contributed by atoms with Crippen molar-refractivity contribution >= 4 is 39.6 Å². The Bertz CT molecular complexity index is 1200. The Morgan fingerprint density at radius 2 is 2.17 bits per heavy atom. The number of ether oxygens (including phenoxy) is 1. The van der Waals surface area contributed by atoms with Gasteiger partial charge >= 0.3 is 0 Å². The number of furan rings is 1. The van der Waals surface area contributed by atoms with E-state index in [1.165, 1.54) is 11.8 Å². The molecule has 150 valence electrons. The predicted molar refractivity (Wildman–Crippen MR) is 111 cm³/mol. The van der Waals surface area contributed by atoms with Crippen molar-refractivity contribution in [1.29, 1.82) is 0 Å². The molecule has 1 aromatic carbocycles. The minimum Gasteiger partial charge on any atom is -0.467 e. The quantitative estimate of drug-likeness (QED) is 0.341. The number of carbonyl (C=O) groups excluding carboxylic acids is 1. The van der Waals surface area contributed by atoms with E-state index >= 15 is 0 Å². The lowest BCUT2D eigenvalue weighted by Gasteiger charge is -2.11. The molecule has 3 heterocycles. The number of thioether (sulfide) groups is 1. The van der Waals surface area contributed by atoms with E-state index in [-0.39, 0.29) is 17.2 Å². The number of methoxy groups -OCH3 is 1. The molecular formula is C20H20N4O4S. The Hall–Kier alpha value is -3.04. The van der Waals surface area contributed by atoms with Crippen LogP contribution in [-0.4, -0.2) is 39.9 Å². The minimum absolute atomic E-state index is 0.133. The number of hydrogen-bond acceptors (Lipinski definition) is 6. The molecule has 9 heteroatoms. The molecule has 0 aliphatic heterocycles. The first kappa shape index (κ1) is 19.3. The van der Waals surface area contributed by atoms with E-state index in [0.29, 0.717) is 41.6 Å². The Morgan fingerprint density at radius 3 is 2.97 bits per heavy atom. The molecule has 0 unspecified atom stereocenters. The van der Waals surface area contributed by atoms with Crippen molar-refractivity contribution in [2.24, 2.45) is 0 Å². The highest BCUT2D eigenvalue weighted by Crippen LogP contribution is 2.24. The standard InChI is InChI=1S/C20H20N4O4S/c1-27-10-8-24-19(26)18-17(14-6-2-3-7-15(14)22-18)23-20(24)29-12-16(25)21-11-13-5-4-9-28-13/h2-7,9,22H,8,10-12H2,1H3,(H,21,25). The molecule has 0 fully saturated rings. The molecule has 0 radical (unpaired) electrons. The fourth-order valence-electron chi connectivity index (χ4n) is 3.05. The van der Waals surface area contributed by atoms with Gasteiger partial charge in [0.05, 0.1) is 31.7 Å². The van der Waals surface area contributed by atoms with Crippen molar-refractivity contribution in [3.05, 3.63) is 58.8 Å². The Balaban J connectivity index is 1.61. The molecule has 0 saturated carbocycles. The third-order valence-corrected chi connectivity index (χ3v) is 5.44. The first-order chi connectivity index (χ1) is 14.2. The first-order valence-electron chi connectivity index (χ1n) is 9.09. The summed E-state index contributed by atoms with van der Waals surface area (Å²) in [4.78, 5) is 33.1. The van der Waals surface area contributed by atoms with Crippen LogP contribution in [0.4, 0.5) is 0 Å². The molecule has 4 rings (SSSR count). The number of H-pyrrole nitrogens is 1. The fraction of sp³-hybridized carbons (Fsp3) is 0.250. The maximum absolute atomic E-state index is 13.1. The van der Waals surface area contributed by atoms with Gasteiger partial charge in [0, 0.05) is 18.0 Å². The third kappa shape index (κ3) is 4.06. The molecule has 0 aliphatic carbocycles. The highest BCUT2D eigenvalue weighted by Gasteiger charge is 2.16. The highest BCUT2D eigenvalue weighted by atomic mass is 32.2. The molecule has 1 amide bonds. The molecule has 0 aliphatic rings. The van der Waals surface area contributed by atoms with Gasteiger partial charge in [0.15, 0.2) is 5.16 Å². The van der Waals surface area contributed by atoms with Crippen molar-refractivity contribution in [3.63, 3.8) is 0 Å². The largest absolute Gasteiger partial charge is 0.467 e. The lowest BCUT2D eigenvalue weighted by Crippen LogP contribution is -2.27. The van der Waals surface area contributed by atoms with Gasteiger partial charge in [-0.15, -0.1) is 0 Å². The topological polar surface area (TPSA) is 102 Å². The molecule has 0 spiro atoms. The smallest absolute Gasteiger partial charge is 0.278 e. The second-order valence-electron chi connectivity index (χ2n) is 6.38. The molecule has 8 nitrogen and oxygen atoms in total. The zero-order chi connectivity index (χ0) is 20.2. The highest BCUT2D eigenvalue weighted by molar-refractivity contribution is 7.99. The molecule has 4 aromatic rings. The number of aromatic amines is 1. The number of nitrogens with zero attached hydrogens (tertiary/aromatic N) is 2. The Kier molecular flexibility index (Phi) is 5.68. The van der Waals surface area contributed by atoms with Gasteiger partial charge in [-0.25, -0.2) is 4.98 Å². The van der Waals surface area contributed by atoms with Crippen molar-refractivity contribution in [3.8, 4) is 0 Å². The zero-order valence-corrected chi connectivity index (χ0v) is 16.6. The maximum atomic E-state index is 13.1. The number of carbonyl (C=O) groups is 1. The van der Waals surface area contributed by atoms with Crippen molar-refractivity contribution in [2.75, 3.05) is 19.5 Å². The summed E-state index contributed by atoms with van der Waals surface area (Å²) in [7, 11) is 1.58. The average Bonchev–Trinajstić information content (AvgIpc) is 3.38. The SMILES string of the molecule is COCCn1c(SCC(=O)NCc2ccco2)nc2c([nH]c3ccccc32)c1=O. The number of aromatic nitrogens is 3. The number of amides is 1. The van der Waals surface area contributed by atoms with Crippen LogP contribution >= 0.6 is 11.8 Å². The lowest BCUT2D eigenvalue weighted by molar-refractivity contribution is -0.118. The van der Waals surface area contributed by atoms with Gasteiger partial charge in [0.2, 0.25) is 5.91 Å². The average molecular weight is 412 g/mol. The molecule has 29 heavy (non-hydrogen) atoms. The van der Waals surface area contributed by atoms with Crippen molar-refractivity contribution in [1.82, 2.24) is 19.9 Å². The lowest BCUT2D eigenvalue weighted by atomic mass is 10.2. The summed E-state index contributed by atoms with van der Waals surface area (Å²) in [5.74, 6) is 0.644. The number of para-hydroxylation sites is 1. The fourth-order valence-corrected chi connectivity index (χ4v) is 3.89. The van der Waals surface area contributed by atoms with Crippen LogP contribution in [0.2, 0.25) is 0 Å². The van der Waals surface area contributed by atoms with Crippen molar-refractivity contribution < 1.29 is 13.9 Å². The summed E-state index contributed by atoms with van der Waals surface area (Å²) in [6.45, 7) is 1.04. The Morgan fingerprint density at radius 1 is 1.31 bits per heavy atom. The van der Waals surface area contributed by atoms with E-state index in [1.54, 1.807) is 30.1 Å². The van der Waals surface area contributed by atoms with Crippen LogP contribution in [0.3, 0.4) is 0 Å². The molecule has 2 N–H and O–H groups in total. The monoisotopic (exact) mass is 412 g/mol. The first-order valence-corrected chi connectivity index (χ1v) is 10.1. The maximum Gasteiger partial charge on any atom is 0.278 e. The number of hydrogen-bond donors (Lipinski definition) is 2. The molecule has 0 saturated heterocycles. The van der Waals surface area contributed by atoms with Gasteiger partial charge in [-0.2, -0.15) is 0 Å². The zero-order valence-electron chi connectivity index (χ0n) is 15.8. The van der Waals surface area contributed by atoms with E-state index in [0.717, 1.165) is 10.9 Å². The van der Waals surface area contributed by atoms with Gasteiger partial charge in [-0.05, 0) is 18.2 Å². The number of nitrogens with one attached hydrogen (secondary N) is 2. The van der Waals surface area contributed by atoms with E-state index < -0.39 is 0 Å². The summed E-state index contributed by atoms with van der Waals surface area (Å²) in [5.41, 5.74) is 1.73. The molecule has 0 bridgehead atoms. The van der Waals surface area contributed by atoms with E-state index in [1.807, 2.05) is 24.3 Å². The van der Waals surface area contributed by atoms with Crippen LogP contribution in [0.1, 0.15) is 5.76 Å². The minimum atomic E-state index is -0.179. The van der Waals surface area contributed by atoms with Crippen LogP contribution in [0.15, 0.2) is 57.0 Å². The number of rotatable bonds is 8. The van der Waals surface area contributed by atoms with E-state index in [9.17, 15) is 9.59 Å². The normalized spacial score (nSPS) is 11.3. The van der Waals surface area contributed by atoms with Crippen LogP contribution < -0.4 is 10.9 Å². The summed E-state index contributed by atoms with van der Waals surface area (Å²) >= 11 is 1.22. The van der Waals surface area contributed by atoms with E-state index in [2.05, 4.69) is 10.3 Å². The van der Waals surface area contributed by atoms with Crippen LogP contribution in [0, 0.1) is 0 Å². The van der Waals surface area contributed by atoms with Crippen LogP contribution in [0.5, 0.6) is 0 Å². The third-order valence-electron chi connectivity index (χ3n) is 4.47. The van der Waals surface area contributed by atoms with Gasteiger partial charge in [-0.1, -0.05) is 30.0 Å².